The smallest absolute Gasteiger partial charge is 0.270 e. The third-order valence-electron chi connectivity index (χ3n) is 4.04. The fourth-order valence-electron chi connectivity index (χ4n) is 2.83. The minimum Gasteiger partial charge on any atom is -0.396 e. The Labute approximate surface area is 131 Å². The highest BCUT2D eigenvalue weighted by Crippen LogP contribution is 2.31. The number of thiazole rings is 1. The lowest BCUT2D eigenvalue weighted by Gasteiger charge is -2.17. The molecule has 3 rings (SSSR count). The van der Waals surface area contributed by atoms with E-state index in [1.54, 1.807) is 11.3 Å². The van der Waals surface area contributed by atoms with Gasteiger partial charge in [0.05, 0.1) is 4.88 Å². The molecule has 2 atom stereocenters. The summed E-state index contributed by atoms with van der Waals surface area (Å²) in [6.07, 6.45) is 3.30. The summed E-state index contributed by atoms with van der Waals surface area (Å²) in [7, 11) is 0. The number of aromatic nitrogens is 1. The number of nitrogens with one attached hydrogen (secondary N) is 1. The number of aliphatic hydroxyl groups excluding tert-OH is 1. The molecule has 1 aliphatic rings. The predicted molar refractivity (Wildman–Crippen MR) is 85.7 cm³/mol. The Hall–Kier alpha value is -1.24. The fourth-order valence-corrected chi connectivity index (χ4v) is 4.44. The molecule has 2 aromatic heterocycles. The summed E-state index contributed by atoms with van der Waals surface area (Å²) < 4.78 is 0. The first-order chi connectivity index (χ1) is 10.3. The van der Waals surface area contributed by atoms with Gasteiger partial charge in [0.1, 0.15) is 10.7 Å². The van der Waals surface area contributed by atoms with Gasteiger partial charge >= 0.3 is 0 Å². The predicted octanol–water partition coefficient (Wildman–Crippen LogP) is 3.01. The van der Waals surface area contributed by atoms with E-state index in [1.165, 1.54) is 11.3 Å². The van der Waals surface area contributed by atoms with E-state index >= 15 is 0 Å². The Morgan fingerprint density at radius 3 is 3.00 bits per heavy atom. The van der Waals surface area contributed by atoms with Crippen LogP contribution in [0.5, 0.6) is 0 Å². The summed E-state index contributed by atoms with van der Waals surface area (Å²) in [5.41, 5.74) is 0.488. The summed E-state index contributed by atoms with van der Waals surface area (Å²) in [6.45, 7) is 0.857. The summed E-state index contributed by atoms with van der Waals surface area (Å²) in [6, 6.07) is 3.99. The maximum absolute atomic E-state index is 12.2. The molecule has 4 nitrogen and oxygen atoms in total. The average molecular weight is 322 g/mol. The maximum Gasteiger partial charge on any atom is 0.270 e. The number of carbonyl (C=O) groups is 1. The van der Waals surface area contributed by atoms with E-state index in [9.17, 15) is 9.90 Å². The largest absolute Gasteiger partial charge is 0.396 e. The van der Waals surface area contributed by atoms with Crippen molar-refractivity contribution in [3.8, 4) is 9.88 Å². The molecule has 21 heavy (non-hydrogen) atoms. The van der Waals surface area contributed by atoms with Gasteiger partial charge in [0.15, 0.2) is 0 Å². The van der Waals surface area contributed by atoms with E-state index in [2.05, 4.69) is 10.3 Å². The SMILES string of the molecule is O=C(NCC1CCCC1CO)c1csc(-c2cccs2)n1. The van der Waals surface area contributed by atoms with E-state index in [0.29, 0.717) is 24.1 Å². The van der Waals surface area contributed by atoms with Gasteiger partial charge in [-0.2, -0.15) is 0 Å². The number of amides is 1. The number of carbonyl (C=O) groups excluding carboxylic acids is 1. The van der Waals surface area contributed by atoms with Gasteiger partial charge in [0.2, 0.25) is 0 Å². The monoisotopic (exact) mass is 322 g/mol. The Balaban J connectivity index is 1.58. The van der Waals surface area contributed by atoms with Crippen molar-refractivity contribution in [2.75, 3.05) is 13.2 Å². The summed E-state index contributed by atoms with van der Waals surface area (Å²) in [4.78, 5) is 17.7. The maximum atomic E-state index is 12.2. The van der Waals surface area contributed by atoms with Crippen LogP contribution >= 0.6 is 22.7 Å². The lowest BCUT2D eigenvalue weighted by molar-refractivity contribution is 0.0933. The highest BCUT2D eigenvalue weighted by atomic mass is 32.1. The molecule has 0 radical (unpaired) electrons. The number of hydrogen-bond acceptors (Lipinski definition) is 5. The highest BCUT2D eigenvalue weighted by molar-refractivity contribution is 7.20. The molecule has 2 heterocycles. The molecule has 0 aliphatic heterocycles. The molecule has 1 fully saturated rings. The van der Waals surface area contributed by atoms with Gasteiger partial charge in [-0.3, -0.25) is 4.79 Å². The van der Waals surface area contributed by atoms with Crippen molar-refractivity contribution in [1.29, 1.82) is 0 Å². The van der Waals surface area contributed by atoms with E-state index in [1.807, 2.05) is 22.9 Å². The van der Waals surface area contributed by atoms with E-state index in [0.717, 1.165) is 29.1 Å². The molecule has 1 amide bonds. The second-order valence-corrected chi connectivity index (χ2v) is 7.16. The van der Waals surface area contributed by atoms with Gasteiger partial charge in [-0.05, 0) is 36.1 Å². The van der Waals surface area contributed by atoms with Crippen LogP contribution in [0.2, 0.25) is 0 Å². The molecule has 0 bridgehead atoms. The number of nitrogens with zero attached hydrogens (tertiary/aromatic N) is 1. The van der Waals surface area contributed by atoms with Crippen LogP contribution in [0.1, 0.15) is 29.8 Å². The lowest BCUT2D eigenvalue weighted by Crippen LogP contribution is -2.31. The standard InChI is InChI=1S/C15H18N2O2S2/c18-8-11-4-1-3-10(11)7-16-14(19)12-9-21-15(17-12)13-5-2-6-20-13/h2,5-6,9-11,18H,1,3-4,7-8H2,(H,16,19). The van der Waals surface area contributed by atoms with Crippen molar-refractivity contribution >= 4 is 28.6 Å². The van der Waals surface area contributed by atoms with Crippen LogP contribution in [0, 0.1) is 11.8 Å². The second-order valence-electron chi connectivity index (χ2n) is 5.36. The van der Waals surface area contributed by atoms with Crippen LogP contribution in [-0.4, -0.2) is 29.1 Å². The number of rotatable bonds is 5. The molecule has 1 aliphatic carbocycles. The first-order valence-corrected chi connectivity index (χ1v) is 8.92. The van der Waals surface area contributed by atoms with Gasteiger partial charge in [0, 0.05) is 18.5 Å². The van der Waals surface area contributed by atoms with E-state index in [-0.39, 0.29) is 12.5 Å². The van der Waals surface area contributed by atoms with Crippen molar-refractivity contribution < 1.29 is 9.90 Å². The molecule has 6 heteroatoms. The van der Waals surface area contributed by atoms with Gasteiger partial charge in [-0.15, -0.1) is 22.7 Å². The molecule has 0 spiro atoms. The average Bonchev–Trinajstić information content (AvgIpc) is 3.24. The van der Waals surface area contributed by atoms with Crippen LogP contribution in [-0.2, 0) is 0 Å². The van der Waals surface area contributed by atoms with Crippen molar-refractivity contribution in [2.45, 2.75) is 19.3 Å². The Bertz CT molecular complexity index is 595. The first-order valence-electron chi connectivity index (χ1n) is 7.16. The van der Waals surface area contributed by atoms with Gasteiger partial charge in [-0.1, -0.05) is 12.5 Å². The van der Waals surface area contributed by atoms with Crippen molar-refractivity contribution in [3.05, 3.63) is 28.6 Å². The van der Waals surface area contributed by atoms with E-state index in [4.69, 9.17) is 0 Å². The van der Waals surface area contributed by atoms with Crippen LogP contribution in [0.3, 0.4) is 0 Å². The minimum atomic E-state index is -0.113. The van der Waals surface area contributed by atoms with Crippen LogP contribution < -0.4 is 5.32 Å². The van der Waals surface area contributed by atoms with E-state index < -0.39 is 0 Å². The Morgan fingerprint density at radius 1 is 1.38 bits per heavy atom. The first kappa shape index (κ1) is 14.7. The molecule has 0 saturated heterocycles. The molecule has 1 saturated carbocycles. The zero-order valence-electron chi connectivity index (χ0n) is 11.6. The Kier molecular flexibility index (Phi) is 4.67. The van der Waals surface area contributed by atoms with Gasteiger partial charge in [0.25, 0.3) is 5.91 Å². The molecule has 2 aromatic rings. The van der Waals surface area contributed by atoms with Crippen LogP contribution in [0.15, 0.2) is 22.9 Å². The van der Waals surface area contributed by atoms with Crippen molar-refractivity contribution in [1.82, 2.24) is 10.3 Å². The van der Waals surface area contributed by atoms with Gasteiger partial charge in [-0.25, -0.2) is 4.98 Å². The summed E-state index contributed by atoms with van der Waals surface area (Å²) in [5.74, 6) is 0.620. The highest BCUT2D eigenvalue weighted by Gasteiger charge is 2.27. The number of hydrogen-bond donors (Lipinski definition) is 2. The lowest BCUT2D eigenvalue weighted by atomic mass is 9.97. The number of thiophene rings is 1. The van der Waals surface area contributed by atoms with Crippen molar-refractivity contribution in [3.63, 3.8) is 0 Å². The van der Waals surface area contributed by atoms with Crippen molar-refractivity contribution in [2.24, 2.45) is 11.8 Å². The van der Waals surface area contributed by atoms with Crippen LogP contribution in [0.25, 0.3) is 9.88 Å². The zero-order chi connectivity index (χ0) is 14.7. The summed E-state index contributed by atoms with van der Waals surface area (Å²) >= 11 is 3.12. The summed E-state index contributed by atoms with van der Waals surface area (Å²) in [5, 5.41) is 17.0. The molecule has 2 N–H and O–H groups in total. The number of aliphatic hydroxyl groups is 1. The quantitative estimate of drug-likeness (QED) is 0.889. The molecule has 0 aromatic carbocycles. The van der Waals surface area contributed by atoms with Gasteiger partial charge < -0.3 is 10.4 Å². The Morgan fingerprint density at radius 2 is 2.24 bits per heavy atom. The minimum absolute atomic E-state index is 0.113. The normalized spacial score (nSPS) is 21.6. The molecular formula is C15H18N2O2S2. The third kappa shape index (κ3) is 3.33. The molecule has 2 unspecified atom stereocenters. The zero-order valence-corrected chi connectivity index (χ0v) is 13.3. The second kappa shape index (κ2) is 6.68. The fraction of sp³-hybridized carbons (Fsp3) is 0.467. The van der Waals surface area contributed by atoms with Crippen LogP contribution in [0.4, 0.5) is 0 Å². The molecular weight excluding hydrogens is 304 g/mol. The molecule has 112 valence electrons. The topological polar surface area (TPSA) is 62.2 Å². The third-order valence-corrected chi connectivity index (χ3v) is 5.93.